The summed E-state index contributed by atoms with van der Waals surface area (Å²) < 4.78 is 5.36. The number of carbonyl (C=O) groups is 3. The molecule has 0 spiro atoms. The van der Waals surface area contributed by atoms with Gasteiger partial charge in [-0.05, 0) is 12.1 Å². The number of hydrogen-bond acceptors (Lipinski definition) is 5. The van der Waals surface area contributed by atoms with Gasteiger partial charge in [0.05, 0.1) is 29.8 Å². The molecule has 29 heavy (non-hydrogen) atoms. The summed E-state index contributed by atoms with van der Waals surface area (Å²) in [6, 6.07) is 15.2. The standard InChI is InChI=1S/C22H16N2O5/c25-18(13-6-2-1-3-7-13)17-19(26)20(27)24-16-9-5-4-8-15(16)23-21(28)22(17,24)14-10-11-29-12-14/h1-9,12,25H,10-11H2,(H,23,28)/b18-17-. The molecule has 0 saturated carbocycles. The Morgan fingerprint density at radius 1 is 1.03 bits per heavy atom. The molecule has 3 aliphatic heterocycles. The molecule has 3 aliphatic rings. The van der Waals surface area contributed by atoms with Gasteiger partial charge in [0, 0.05) is 17.6 Å². The van der Waals surface area contributed by atoms with Crippen LogP contribution < -0.4 is 10.2 Å². The quantitative estimate of drug-likeness (QED) is 0.468. The van der Waals surface area contributed by atoms with E-state index >= 15 is 0 Å². The summed E-state index contributed by atoms with van der Waals surface area (Å²) in [7, 11) is 0. The van der Waals surface area contributed by atoms with Crippen molar-refractivity contribution in [1.29, 1.82) is 0 Å². The van der Waals surface area contributed by atoms with Crippen molar-refractivity contribution in [3.8, 4) is 0 Å². The molecule has 0 aromatic heterocycles. The molecule has 7 heteroatoms. The van der Waals surface area contributed by atoms with Gasteiger partial charge in [0.25, 0.3) is 11.7 Å². The first-order chi connectivity index (χ1) is 14.1. The number of ketones is 1. The van der Waals surface area contributed by atoms with E-state index in [1.54, 1.807) is 54.6 Å². The number of aliphatic hydroxyl groups excluding tert-OH is 1. The second-order valence-electron chi connectivity index (χ2n) is 7.00. The maximum absolute atomic E-state index is 13.5. The molecule has 2 aromatic rings. The van der Waals surface area contributed by atoms with E-state index in [2.05, 4.69) is 5.32 Å². The summed E-state index contributed by atoms with van der Waals surface area (Å²) in [6.45, 7) is 0.321. The maximum Gasteiger partial charge on any atom is 0.300 e. The number of fused-ring (bicyclic) bond motifs is 3. The Kier molecular flexibility index (Phi) is 3.61. The first kappa shape index (κ1) is 17.2. The third-order valence-electron chi connectivity index (χ3n) is 5.51. The molecule has 2 amide bonds. The van der Waals surface area contributed by atoms with Crippen LogP contribution in [0.4, 0.5) is 11.4 Å². The highest BCUT2D eigenvalue weighted by molar-refractivity contribution is 6.56. The number of nitrogens with zero attached hydrogens (tertiary/aromatic N) is 1. The third kappa shape index (κ3) is 2.15. The first-order valence-electron chi connectivity index (χ1n) is 9.16. The molecule has 1 unspecified atom stereocenters. The molecule has 3 heterocycles. The van der Waals surface area contributed by atoms with E-state index < -0.39 is 28.9 Å². The smallest absolute Gasteiger partial charge is 0.300 e. The van der Waals surface area contributed by atoms with Crippen LogP contribution in [-0.4, -0.2) is 34.8 Å². The first-order valence-corrected chi connectivity index (χ1v) is 9.16. The predicted molar refractivity (Wildman–Crippen MR) is 105 cm³/mol. The molecule has 2 aromatic carbocycles. The molecule has 5 rings (SSSR count). The molecule has 1 saturated heterocycles. The van der Waals surface area contributed by atoms with Gasteiger partial charge >= 0.3 is 5.91 Å². The summed E-state index contributed by atoms with van der Waals surface area (Å²) in [6.07, 6.45) is 1.75. The minimum atomic E-state index is -1.79. The summed E-state index contributed by atoms with van der Waals surface area (Å²) >= 11 is 0. The zero-order valence-electron chi connectivity index (χ0n) is 15.2. The fourth-order valence-corrected chi connectivity index (χ4v) is 4.25. The number of Topliss-reactive ketones (excluding diaryl/α,β-unsaturated/α-hetero) is 1. The number of hydrogen-bond donors (Lipinski definition) is 2. The van der Waals surface area contributed by atoms with Gasteiger partial charge in [0.1, 0.15) is 5.76 Å². The van der Waals surface area contributed by atoms with E-state index in [1.807, 2.05) is 0 Å². The van der Waals surface area contributed by atoms with Gasteiger partial charge in [-0.1, -0.05) is 42.5 Å². The number of anilines is 2. The fraction of sp³-hybridized carbons (Fsp3) is 0.136. The van der Waals surface area contributed by atoms with Crippen LogP contribution in [0, 0.1) is 0 Å². The Hall–Kier alpha value is -3.87. The van der Waals surface area contributed by atoms with Gasteiger partial charge in [0.15, 0.2) is 5.54 Å². The monoisotopic (exact) mass is 388 g/mol. The van der Waals surface area contributed by atoms with Crippen molar-refractivity contribution in [2.24, 2.45) is 0 Å². The van der Waals surface area contributed by atoms with Gasteiger partial charge in [-0.2, -0.15) is 0 Å². The summed E-state index contributed by atoms with van der Waals surface area (Å²) in [5.74, 6) is -2.75. The lowest BCUT2D eigenvalue weighted by molar-refractivity contribution is -0.132. The molecule has 1 fully saturated rings. The number of rotatable bonds is 2. The zero-order valence-corrected chi connectivity index (χ0v) is 15.2. The number of para-hydroxylation sites is 2. The van der Waals surface area contributed by atoms with Crippen LogP contribution in [0.1, 0.15) is 12.0 Å². The summed E-state index contributed by atoms with van der Waals surface area (Å²) in [5, 5.41) is 13.9. The summed E-state index contributed by atoms with van der Waals surface area (Å²) in [5.41, 5.74) is -0.433. The van der Waals surface area contributed by atoms with E-state index in [0.717, 1.165) is 0 Å². The van der Waals surface area contributed by atoms with Crippen molar-refractivity contribution < 1.29 is 24.2 Å². The molecular formula is C22H16N2O5. The largest absolute Gasteiger partial charge is 0.507 e. The highest BCUT2D eigenvalue weighted by atomic mass is 16.5. The average molecular weight is 388 g/mol. The minimum Gasteiger partial charge on any atom is -0.507 e. The second-order valence-corrected chi connectivity index (χ2v) is 7.00. The van der Waals surface area contributed by atoms with Crippen molar-refractivity contribution in [2.45, 2.75) is 12.0 Å². The topological polar surface area (TPSA) is 95.9 Å². The van der Waals surface area contributed by atoms with Gasteiger partial charge in [-0.15, -0.1) is 0 Å². The molecule has 0 bridgehead atoms. The van der Waals surface area contributed by atoms with E-state index in [1.165, 1.54) is 11.2 Å². The SMILES string of the molecule is O=C1C(=O)N2c3ccccc3NC(=O)C2(C2=COCC2)/C1=C(\O)c1ccccc1. The highest BCUT2D eigenvalue weighted by Gasteiger charge is 2.66. The van der Waals surface area contributed by atoms with Crippen LogP contribution in [0.5, 0.6) is 0 Å². The predicted octanol–water partition coefficient (Wildman–Crippen LogP) is 2.57. The van der Waals surface area contributed by atoms with Crippen molar-refractivity contribution in [2.75, 3.05) is 16.8 Å². The van der Waals surface area contributed by atoms with E-state index in [0.29, 0.717) is 35.5 Å². The van der Waals surface area contributed by atoms with Gasteiger partial charge in [-0.25, -0.2) is 0 Å². The minimum absolute atomic E-state index is 0.252. The number of nitrogens with one attached hydrogen (secondary N) is 1. The maximum atomic E-state index is 13.5. The molecule has 2 N–H and O–H groups in total. The number of aliphatic hydroxyl groups is 1. The van der Waals surface area contributed by atoms with Crippen molar-refractivity contribution in [1.82, 2.24) is 0 Å². The number of benzene rings is 2. The van der Waals surface area contributed by atoms with E-state index in [4.69, 9.17) is 4.74 Å². The number of amides is 2. The van der Waals surface area contributed by atoms with E-state index in [9.17, 15) is 19.5 Å². The Morgan fingerprint density at radius 2 is 1.76 bits per heavy atom. The number of carbonyl (C=O) groups excluding carboxylic acids is 3. The van der Waals surface area contributed by atoms with Crippen molar-refractivity contribution in [3.05, 3.63) is 77.6 Å². The van der Waals surface area contributed by atoms with Crippen LogP contribution in [0.2, 0.25) is 0 Å². The van der Waals surface area contributed by atoms with Crippen LogP contribution in [0.15, 0.2) is 72.0 Å². The van der Waals surface area contributed by atoms with Crippen LogP contribution in [0.25, 0.3) is 5.76 Å². The van der Waals surface area contributed by atoms with E-state index in [-0.39, 0.29) is 5.57 Å². The molecule has 144 valence electrons. The summed E-state index contributed by atoms with van der Waals surface area (Å²) in [4.78, 5) is 41.0. The molecule has 0 radical (unpaired) electrons. The number of ether oxygens (including phenoxy) is 1. The van der Waals surface area contributed by atoms with Gasteiger partial charge in [0.2, 0.25) is 0 Å². The highest BCUT2D eigenvalue weighted by Crippen LogP contribution is 2.51. The van der Waals surface area contributed by atoms with Crippen LogP contribution in [-0.2, 0) is 19.1 Å². The Morgan fingerprint density at radius 3 is 2.48 bits per heavy atom. The Bertz CT molecular complexity index is 1130. The third-order valence-corrected chi connectivity index (χ3v) is 5.51. The van der Waals surface area contributed by atoms with Gasteiger partial charge in [-0.3, -0.25) is 19.3 Å². The Balaban J connectivity index is 1.87. The van der Waals surface area contributed by atoms with Crippen LogP contribution in [0.3, 0.4) is 0 Å². The average Bonchev–Trinajstić information content (AvgIpc) is 3.36. The lowest BCUT2D eigenvalue weighted by Crippen LogP contribution is -2.59. The fourth-order valence-electron chi connectivity index (χ4n) is 4.25. The molecule has 1 atom stereocenters. The molecular weight excluding hydrogens is 372 g/mol. The zero-order chi connectivity index (χ0) is 20.2. The van der Waals surface area contributed by atoms with Crippen molar-refractivity contribution >= 4 is 34.7 Å². The normalized spacial score (nSPS) is 24.5. The second kappa shape index (κ2) is 6.07. The Labute approximate surface area is 165 Å². The van der Waals surface area contributed by atoms with Crippen LogP contribution >= 0.6 is 0 Å². The van der Waals surface area contributed by atoms with Crippen molar-refractivity contribution in [3.63, 3.8) is 0 Å². The lowest BCUT2D eigenvalue weighted by Gasteiger charge is -2.42. The van der Waals surface area contributed by atoms with Gasteiger partial charge < -0.3 is 15.2 Å². The lowest BCUT2D eigenvalue weighted by atomic mass is 9.78. The molecule has 0 aliphatic carbocycles. The molecule has 7 nitrogen and oxygen atoms in total.